The van der Waals surface area contributed by atoms with Crippen LogP contribution < -0.4 is 15.5 Å². The largest absolute Gasteiger partial charge is 0.348 e. The summed E-state index contributed by atoms with van der Waals surface area (Å²) in [7, 11) is 0. The minimum atomic E-state index is -0.220. The molecule has 2 aromatic carbocycles. The first-order valence-electron chi connectivity index (χ1n) is 11.2. The van der Waals surface area contributed by atoms with Crippen molar-refractivity contribution >= 4 is 50.0 Å². The molecule has 3 heterocycles. The van der Waals surface area contributed by atoms with Crippen LogP contribution in [0.25, 0.3) is 10.2 Å². The molecule has 2 aliphatic rings. The van der Waals surface area contributed by atoms with Crippen LogP contribution in [0.15, 0.2) is 48.5 Å². The molecule has 32 heavy (non-hydrogen) atoms. The topological polar surface area (TPSA) is 77.6 Å². The van der Waals surface area contributed by atoms with Crippen molar-refractivity contribution < 1.29 is 9.59 Å². The van der Waals surface area contributed by atoms with E-state index < -0.39 is 0 Å². The molecule has 8 heteroatoms. The monoisotopic (exact) mass is 449 g/mol. The van der Waals surface area contributed by atoms with Gasteiger partial charge in [0.25, 0.3) is 0 Å². The van der Waals surface area contributed by atoms with Crippen molar-refractivity contribution in [3.63, 3.8) is 0 Å². The zero-order valence-corrected chi connectivity index (χ0v) is 18.7. The minimum absolute atomic E-state index is 0.0363. The quantitative estimate of drug-likeness (QED) is 0.601. The van der Waals surface area contributed by atoms with E-state index in [0.717, 1.165) is 52.7 Å². The first-order chi connectivity index (χ1) is 15.7. The Balaban J connectivity index is 1.22. The van der Waals surface area contributed by atoms with Gasteiger partial charge in [-0.05, 0) is 56.0 Å². The van der Waals surface area contributed by atoms with Crippen molar-refractivity contribution in [1.29, 1.82) is 0 Å². The summed E-state index contributed by atoms with van der Waals surface area (Å²) in [6.07, 6.45) is 4.04. The second-order valence-electron chi connectivity index (χ2n) is 8.44. The second-order valence-corrected chi connectivity index (χ2v) is 9.45. The van der Waals surface area contributed by atoms with E-state index in [1.54, 1.807) is 16.2 Å². The number of anilines is 3. The maximum Gasteiger partial charge on any atom is 0.321 e. The number of rotatable bonds is 4. The molecule has 1 atom stereocenters. The number of amides is 3. The third-order valence-electron chi connectivity index (χ3n) is 6.13. The van der Waals surface area contributed by atoms with E-state index in [1.807, 2.05) is 48.5 Å². The Bertz CT molecular complexity index is 1110. The number of carbonyl (C=O) groups is 2. The van der Waals surface area contributed by atoms with Gasteiger partial charge in [0.1, 0.15) is 0 Å². The highest BCUT2D eigenvalue weighted by molar-refractivity contribution is 7.22. The maximum absolute atomic E-state index is 13.0. The van der Waals surface area contributed by atoms with Crippen LogP contribution >= 0.6 is 11.3 Å². The van der Waals surface area contributed by atoms with Crippen molar-refractivity contribution in [2.75, 3.05) is 41.7 Å². The molecular weight excluding hydrogens is 422 g/mol. The summed E-state index contributed by atoms with van der Waals surface area (Å²) >= 11 is 1.68. The Morgan fingerprint density at radius 3 is 2.56 bits per heavy atom. The molecule has 0 bridgehead atoms. The molecule has 0 radical (unpaired) electrons. The van der Waals surface area contributed by atoms with E-state index in [1.165, 1.54) is 12.8 Å². The number of carbonyl (C=O) groups excluding carboxylic acids is 2. The van der Waals surface area contributed by atoms with Gasteiger partial charge in [-0.15, -0.1) is 0 Å². The first kappa shape index (κ1) is 20.8. The van der Waals surface area contributed by atoms with Gasteiger partial charge in [-0.2, -0.15) is 0 Å². The number of thiazole rings is 1. The lowest BCUT2D eigenvalue weighted by atomic mass is 9.97. The number of benzene rings is 2. The van der Waals surface area contributed by atoms with Crippen molar-refractivity contribution in [2.45, 2.75) is 25.7 Å². The van der Waals surface area contributed by atoms with E-state index in [2.05, 4.69) is 15.5 Å². The van der Waals surface area contributed by atoms with Gasteiger partial charge in [0, 0.05) is 37.6 Å². The summed E-state index contributed by atoms with van der Waals surface area (Å²) in [6.45, 7) is 3.22. The first-order valence-corrected chi connectivity index (χ1v) is 12.0. The molecule has 2 fully saturated rings. The van der Waals surface area contributed by atoms with Crippen LogP contribution in [-0.2, 0) is 4.79 Å². The Kier molecular flexibility index (Phi) is 5.94. The predicted octanol–water partition coefficient (Wildman–Crippen LogP) is 4.78. The molecule has 1 aromatic heterocycles. The van der Waals surface area contributed by atoms with Gasteiger partial charge < -0.3 is 20.4 Å². The highest BCUT2D eigenvalue weighted by Crippen LogP contribution is 2.32. The average molecular weight is 450 g/mol. The molecule has 0 aliphatic carbocycles. The number of hydrogen-bond acceptors (Lipinski definition) is 5. The van der Waals surface area contributed by atoms with Crippen LogP contribution in [0.4, 0.5) is 21.3 Å². The predicted molar refractivity (Wildman–Crippen MR) is 129 cm³/mol. The van der Waals surface area contributed by atoms with Crippen LogP contribution in [0, 0.1) is 5.92 Å². The summed E-state index contributed by atoms with van der Waals surface area (Å²) in [5.74, 6) is -0.256. The van der Waals surface area contributed by atoms with Crippen molar-refractivity contribution in [2.24, 2.45) is 5.92 Å². The molecule has 2 N–H and O–H groups in total. The van der Waals surface area contributed by atoms with Gasteiger partial charge in [-0.3, -0.25) is 4.79 Å². The molecular formula is C24H27N5O2S. The smallest absolute Gasteiger partial charge is 0.321 e. The molecule has 5 rings (SSSR count). The lowest BCUT2D eigenvalue weighted by molar-refractivity contribution is -0.121. The van der Waals surface area contributed by atoms with Gasteiger partial charge in [0.05, 0.1) is 16.1 Å². The lowest BCUT2D eigenvalue weighted by Crippen LogP contribution is -2.45. The summed E-state index contributed by atoms with van der Waals surface area (Å²) in [5.41, 5.74) is 2.51. The van der Waals surface area contributed by atoms with Gasteiger partial charge in [-0.1, -0.05) is 29.5 Å². The minimum Gasteiger partial charge on any atom is -0.348 e. The lowest BCUT2D eigenvalue weighted by Gasteiger charge is -2.32. The Morgan fingerprint density at radius 2 is 1.75 bits per heavy atom. The van der Waals surface area contributed by atoms with Gasteiger partial charge in [0.15, 0.2) is 5.13 Å². The summed E-state index contributed by atoms with van der Waals surface area (Å²) in [6, 6.07) is 15.1. The van der Waals surface area contributed by atoms with Crippen molar-refractivity contribution in [3.05, 3.63) is 48.5 Å². The third kappa shape index (κ3) is 4.55. The molecule has 3 aromatic rings. The summed E-state index contributed by atoms with van der Waals surface area (Å²) in [5, 5.41) is 7.04. The Labute approximate surface area is 191 Å². The zero-order chi connectivity index (χ0) is 21.9. The number of para-hydroxylation sites is 1. The van der Waals surface area contributed by atoms with Gasteiger partial charge in [0.2, 0.25) is 5.91 Å². The summed E-state index contributed by atoms with van der Waals surface area (Å²) < 4.78 is 1.08. The fourth-order valence-corrected chi connectivity index (χ4v) is 5.43. The summed E-state index contributed by atoms with van der Waals surface area (Å²) in [4.78, 5) is 34.4. The third-order valence-corrected chi connectivity index (χ3v) is 7.20. The SMILES string of the molecule is O=C(Nc1ccc2nc(N3CCCC3)sc2c1)[C@H]1CCCN(C(=O)Nc2ccccc2)C1. The number of hydrogen-bond donors (Lipinski definition) is 2. The van der Waals surface area contributed by atoms with Crippen molar-refractivity contribution in [1.82, 2.24) is 9.88 Å². The fraction of sp³-hybridized carbons (Fsp3) is 0.375. The van der Waals surface area contributed by atoms with E-state index in [0.29, 0.717) is 13.1 Å². The molecule has 7 nitrogen and oxygen atoms in total. The number of nitrogens with one attached hydrogen (secondary N) is 2. The molecule has 0 spiro atoms. The van der Waals surface area contributed by atoms with Crippen molar-refractivity contribution in [3.8, 4) is 0 Å². The molecule has 0 saturated carbocycles. The highest BCUT2D eigenvalue weighted by Gasteiger charge is 2.28. The van der Waals surface area contributed by atoms with Crippen LogP contribution in [0.1, 0.15) is 25.7 Å². The van der Waals surface area contributed by atoms with E-state index >= 15 is 0 Å². The van der Waals surface area contributed by atoms with E-state index in [4.69, 9.17) is 4.98 Å². The number of nitrogens with zero attached hydrogens (tertiary/aromatic N) is 3. The van der Waals surface area contributed by atoms with Gasteiger partial charge in [-0.25, -0.2) is 9.78 Å². The number of urea groups is 1. The van der Waals surface area contributed by atoms with Gasteiger partial charge >= 0.3 is 6.03 Å². The maximum atomic E-state index is 13.0. The van der Waals surface area contributed by atoms with E-state index in [9.17, 15) is 9.59 Å². The van der Waals surface area contributed by atoms with E-state index in [-0.39, 0.29) is 17.9 Å². The molecule has 166 valence electrons. The number of likely N-dealkylation sites (tertiary alicyclic amines) is 1. The molecule has 2 aliphatic heterocycles. The number of fused-ring (bicyclic) bond motifs is 1. The fourth-order valence-electron chi connectivity index (χ4n) is 4.38. The zero-order valence-electron chi connectivity index (χ0n) is 17.9. The van der Waals surface area contributed by atoms with Crippen LogP contribution in [-0.4, -0.2) is 48.0 Å². The van der Waals surface area contributed by atoms with Crippen LogP contribution in [0.3, 0.4) is 0 Å². The average Bonchev–Trinajstić information content (AvgIpc) is 3.49. The standard InChI is InChI=1S/C24H27N5O2S/c30-22(17-7-6-14-29(16-17)23(31)26-18-8-2-1-3-9-18)25-19-10-11-20-21(15-19)32-24(27-20)28-12-4-5-13-28/h1-3,8-11,15,17H,4-7,12-14,16H2,(H,25,30)(H,26,31)/t17-/m0/s1. The molecule has 3 amide bonds. The Hall–Kier alpha value is -3.13. The second kappa shape index (κ2) is 9.16. The number of piperidine rings is 1. The molecule has 0 unspecified atom stereocenters. The van der Waals surface area contributed by atoms with Crippen LogP contribution in [0.5, 0.6) is 0 Å². The Morgan fingerprint density at radius 1 is 0.938 bits per heavy atom. The highest BCUT2D eigenvalue weighted by atomic mass is 32.1. The molecule has 2 saturated heterocycles. The normalized spacial score (nSPS) is 18.7. The van der Waals surface area contributed by atoms with Crippen LogP contribution in [0.2, 0.25) is 0 Å². The number of aromatic nitrogens is 1.